The first-order chi connectivity index (χ1) is 15.9. The number of ketones is 1. The Labute approximate surface area is 190 Å². The number of aryl methyl sites for hydroxylation is 1. The van der Waals surface area contributed by atoms with Crippen molar-refractivity contribution in [3.05, 3.63) is 117 Å². The molecule has 1 atom stereocenters. The van der Waals surface area contributed by atoms with Crippen molar-refractivity contribution in [1.29, 1.82) is 0 Å². The SMILES string of the molecule is Cc1ccc(/C(O)=C2\C(=O)C(=O)N(CCc3ccccc3)[C@@H]2c2cccc([N+](=O)[O-])c2)cc1. The van der Waals surface area contributed by atoms with E-state index in [0.717, 1.165) is 11.1 Å². The maximum atomic E-state index is 13.1. The van der Waals surface area contributed by atoms with Crippen LogP contribution in [0.15, 0.2) is 84.4 Å². The number of hydrogen-bond donors (Lipinski definition) is 1. The summed E-state index contributed by atoms with van der Waals surface area (Å²) in [4.78, 5) is 38.3. The van der Waals surface area contributed by atoms with Crippen LogP contribution >= 0.6 is 0 Å². The van der Waals surface area contributed by atoms with E-state index in [1.54, 1.807) is 30.3 Å². The lowest BCUT2D eigenvalue weighted by molar-refractivity contribution is -0.384. The Morgan fingerprint density at radius 3 is 2.36 bits per heavy atom. The van der Waals surface area contributed by atoms with Gasteiger partial charge in [0.2, 0.25) is 0 Å². The number of amides is 1. The molecule has 3 aromatic rings. The van der Waals surface area contributed by atoms with Crippen molar-refractivity contribution in [2.45, 2.75) is 19.4 Å². The molecule has 0 bridgehead atoms. The molecule has 3 aromatic carbocycles. The molecule has 166 valence electrons. The average molecular weight is 442 g/mol. The molecule has 7 heteroatoms. The number of nitro groups is 1. The van der Waals surface area contributed by atoms with E-state index in [9.17, 15) is 24.8 Å². The molecular weight excluding hydrogens is 420 g/mol. The molecule has 0 aromatic heterocycles. The number of carbonyl (C=O) groups excluding carboxylic acids is 2. The third-order valence-electron chi connectivity index (χ3n) is 5.75. The van der Waals surface area contributed by atoms with Crippen LogP contribution in [0.25, 0.3) is 5.76 Å². The van der Waals surface area contributed by atoms with Gasteiger partial charge in [-0.05, 0) is 24.5 Å². The number of rotatable bonds is 6. The first-order valence-electron chi connectivity index (χ1n) is 10.5. The Morgan fingerprint density at radius 1 is 1.00 bits per heavy atom. The topological polar surface area (TPSA) is 101 Å². The standard InChI is InChI=1S/C26H22N2O5/c1-17-10-12-19(13-11-17)24(29)22-23(20-8-5-9-21(16-20)28(32)33)27(26(31)25(22)30)15-14-18-6-3-2-4-7-18/h2-13,16,23,29H,14-15H2,1H3/b24-22+/t23-/m1/s1. The Balaban J connectivity index is 1.82. The maximum Gasteiger partial charge on any atom is 0.295 e. The zero-order valence-corrected chi connectivity index (χ0v) is 18.0. The Kier molecular flexibility index (Phi) is 6.04. The highest BCUT2D eigenvalue weighted by Crippen LogP contribution is 2.40. The van der Waals surface area contributed by atoms with E-state index < -0.39 is 22.7 Å². The molecule has 1 aliphatic rings. The van der Waals surface area contributed by atoms with Crippen molar-refractivity contribution in [1.82, 2.24) is 4.90 Å². The van der Waals surface area contributed by atoms with Crippen molar-refractivity contribution in [2.24, 2.45) is 0 Å². The molecule has 4 rings (SSSR count). The second-order valence-corrected chi connectivity index (χ2v) is 7.95. The van der Waals surface area contributed by atoms with Crippen LogP contribution in [0.4, 0.5) is 5.69 Å². The van der Waals surface area contributed by atoms with Gasteiger partial charge in [-0.25, -0.2) is 0 Å². The second-order valence-electron chi connectivity index (χ2n) is 7.95. The molecule has 1 aliphatic heterocycles. The molecule has 0 aliphatic carbocycles. The first-order valence-corrected chi connectivity index (χ1v) is 10.5. The number of benzene rings is 3. The minimum Gasteiger partial charge on any atom is -0.507 e. The van der Waals surface area contributed by atoms with Crippen LogP contribution in [-0.4, -0.2) is 33.2 Å². The van der Waals surface area contributed by atoms with Crippen LogP contribution < -0.4 is 0 Å². The number of likely N-dealkylation sites (tertiary alicyclic amines) is 1. The summed E-state index contributed by atoms with van der Waals surface area (Å²) in [5.41, 5.74) is 2.52. The monoisotopic (exact) mass is 442 g/mol. The van der Waals surface area contributed by atoms with Gasteiger partial charge in [0.15, 0.2) is 0 Å². The van der Waals surface area contributed by atoms with E-state index in [-0.39, 0.29) is 23.6 Å². The fourth-order valence-electron chi connectivity index (χ4n) is 4.03. The summed E-state index contributed by atoms with van der Waals surface area (Å²) in [5.74, 6) is -1.85. The fraction of sp³-hybridized carbons (Fsp3) is 0.154. The number of aliphatic hydroxyl groups is 1. The average Bonchev–Trinajstić information content (AvgIpc) is 3.08. The summed E-state index contributed by atoms with van der Waals surface area (Å²) in [6.45, 7) is 2.11. The third kappa shape index (κ3) is 4.39. The predicted octanol–water partition coefficient (Wildman–Crippen LogP) is 4.57. The number of nitrogens with zero attached hydrogens (tertiary/aromatic N) is 2. The zero-order valence-electron chi connectivity index (χ0n) is 18.0. The van der Waals surface area contributed by atoms with E-state index in [1.807, 2.05) is 37.3 Å². The maximum absolute atomic E-state index is 13.1. The lowest BCUT2D eigenvalue weighted by Gasteiger charge is -2.25. The van der Waals surface area contributed by atoms with Crippen molar-refractivity contribution >= 4 is 23.1 Å². The normalized spacial score (nSPS) is 17.4. The number of Topliss-reactive ketones (excluding diaryl/α,β-unsaturated/α-hetero) is 1. The quantitative estimate of drug-likeness (QED) is 0.198. The molecule has 0 saturated carbocycles. The van der Waals surface area contributed by atoms with Crippen molar-refractivity contribution < 1.29 is 19.6 Å². The summed E-state index contributed by atoms with van der Waals surface area (Å²) in [6, 6.07) is 21.3. The summed E-state index contributed by atoms with van der Waals surface area (Å²) in [7, 11) is 0. The fourth-order valence-corrected chi connectivity index (χ4v) is 4.03. The van der Waals surface area contributed by atoms with Crippen LogP contribution in [0.3, 0.4) is 0 Å². The molecule has 33 heavy (non-hydrogen) atoms. The van der Waals surface area contributed by atoms with Crippen LogP contribution in [0.2, 0.25) is 0 Å². The molecule has 1 amide bonds. The molecule has 1 N–H and O–H groups in total. The van der Waals surface area contributed by atoms with E-state index in [1.165, 1.54) is 23.1 Å². The summed E-state index contributed by atoms with van der Waals surface area (Å²) in [5, 5.41) is 22.4. The highest BCUT2D eigenvalue weighted by atomic mass is 16.6. The molecular formula is C26H22N2O5. The van der Waals surface area contributed by atoms with Gasteiger partial charge in [-0.1, -0.05) is 72.3 Å². The number of hydrogen-bond acceptors (Lipinski definition) is 5. The summed E-state index contributed by atoms with van der Waals surface area (Å²) >= 11 is 0. The zero-order chi connectivity index (χ0) is 23.5. The van der Waals surface area contributed by atoms with Gasteiger partial charge in [-0.15, -0.1) is 0 Å². The second kappa shape index (κ2) is 9.08. The number of non-ortho nitro benzene ring substituents is 1. The highest BCUT2D eigenvalue weighted by Gasteiger charge is 2.46. The van der Waals surface area contributed by atoms with E-state index in [2.05, 4.69) is 0 Å². The van der Waals surface area contributed by atoms with Gasteiger partial charge in [0, 0.05) is 24.2 Å². The molecule has 0 radical (unpaired) electrons. The molecule has 1 heterocycles. The van der Waals surface area contributed by atoms with Crippen LogP contribution in [0.5, 0.6) is 0 Å². The Bertz CT molecular complexity index is 1250. The highest BCUT2D eigenvalue weighted by molar-refractivity contribution is 6.46. The van der Waals surface area contributed by atoms with Crippen molar-refractivity contribution in [2.75, 3.05) is 6.54 Å². The first kappa shape index (κ1) is 22.0. The number of carbonyl (C=O) groups is 2. The van der Waals surface area contributed by atoms with Crippen LogP contribution in [-0.2, 0) is 16.0 Å². The number of aliphatic hydroxyl groups excluding tert-OH is 1. The van der Waals surface area contributed by atoms with E-state index in [0.29, 0.717) is 17.5 Å². The molecule has 0 spiro atoms. The van der Waals surface area contributed by atoms with Gasteiger partial charge in [0.25, 0.3) is 17.4 Å². The van der Waals surface area contributed by atoms with Gasteiger partial charge >= 0.3 is 0 Å². The molecule has 1 fully saturated rings. The van der Waals surface area contributed by atoms with Gasteiger partial charge in [0.1, 0.15) is 5.76 Å². The summed E-state index contributed by atoms with van der Waals surface area (Å²) in [6.07, 6.45) is 0.490. The molecule has 0 unspecified atom stereocenters. The molecule has 7 nitrogen and oxygen atoms in total. The van der Waals surface area contributed by atoms with Crippen LogP contribution in [0, 0.1) is 17.0 Å². The third-order valence-corrected chi connectivity index (χ3v) is 5.75. The van der Waals surface area contributed by atoms with Gasteiger partial charge in [-0.2, -0.15) is 0 Å². The van der Waals surface area contributed by atoms with Crippen LogP contribution in [0.1, 0.15) is 28.3 Å². The minimum absolute atomic E-state index is 0.0718. The molecule has 1 saturated heterocycles. The number of nitro benzene ring substituents is 1. The minimum atomic E-state index is -0.935. The smallest absolute Gasteiger partial charge is 0.295 e. The Morgan fingerprint density at radius 2 is 1.70 bits per heavy atom. The van der Waals surface area contributed by atoms with Gasteiger partial charge in [-0.3, -0.25) is 19.7 Å². The van der Waals surface area contributed by atoms with Crippen molar-refractivity contribution in [3.63, 3.8) is 0 Å². The predicted molar refractivity (Wildman–Crippen MR) is 123 cm³/mol. The van der Waals surface area contributed by atoms with Gasteiger partial charge < -0.3 is 10.0 Å². The van der Waals surface area contributed by atoms with E-state index >= 15 is 0 Å². The van der Waals surface area contributed by atoms with Gasteiger partial charge in [0.05, 0.1) is 16.5 Å². The lowest BCUT2D eigenvalue weighted by Crippen LogP contribution is -2.31. The van der Waals surface area contributed by atoms with Crippen molar-refractivity contribution in [3.8, 4) is 0 Å². The summed E-state index contributed by atoms with van der Waals surface area (Å²) < 4.78 is 0. The lowest BCUT2D eigenvalue weighted by atomic mass is 9.94. The Hall–Kier alpha value is -4.26. The largest absolute Gasteiger partial charge is 0.507 e. The van der Waals surface area contributed by atoms with E-state index in [4.69, 9.17) is 0 Å².